The Morgan fingerprint density at radius 3 is 2.89 bits per heavy atom. The number of benzene rings is 2. The zero-order valence-corrected chi connectivity index (χ0v) is 16.2. The molecule has 1 aliphatic heterocycles. The average molecular weight is 399 g/mol. The number of ether oxygens (including phenoxy) is 2. The first-order valence-corrected chi connectivity index (χ1v) is 10.2. The first kappa shape index (κ1) is 17.8. The van der Waals surface area contributed by atoms with Gasteiger partial charge in [0.15, 0.2) is 21.7 Å². The lowest BCUT2D eigenvalue weighted by Crippen LogP contribution is -2.17. The molecular formula is C19H17N3O3S2. The van der Waals surface area contributed by atoms with Crippen molar-refractivity contribution in [2.45, 2.75) is 11.3 Å². The molecule has 0 radical (unpaired) electrons. The van der Waals surface area contributed by atoms with E-state index in [4.69, 9.17) is 9.47 Å². The van der Waals surface area contributed by atoms with Crippen LogP contribution in [0.3, 0.4) is 0 Å². The van der Waals surface area contributed by atoms with Crippen molar-refractivity contribution in [1.82, 2.24) is 9.36 Å². The lowest BCUT2D eigenvalue weighted by molar-refractivity contribution is -0.113. The number of nitrogens with zero attached hydrogens (tertiary/aromatic N) is 2. The third kappa shape index (κ3) is 4.40. The minimum atomic E-state index is -0.107. The molecule has 1 aromatic heterocycles. The summed E-state index contributed by atoms with van der Waals surface area (Å²) in [7, 11) is 0. The van der Waals surface area contributed by atoms with Gasteiger partial charge in [-0.2, -0.15) is 4.37 Å². The molecule has 0 unspecified atom stereocenters. The summed E-state index contributed by atoms with van der Waals surface area (Å²) in [5, 5.41) is 2.87. The predicted molar refractivity (Wildman–Crippen MR) is 107 cm³/mol. The number of anilines is 1. The fourth-order valence-corrected chi connectivity index (χ4v) is 4.03. The Morgan fingerprint density at radius 1 is 1.19 bits per heavy atom. The van der Waals surface area contributed by atoms with Gasteiger partial charge in [-0.1, -0.05) is 35.5 Å². The monoisotopic (exact) mass is 399 g/mol. The Hall–Kier alpha value is -2.58. The third-order valence-electron chi connectivity index (χ3n) is 3.84. The second-order valence-electron chi connectivity index (χ2n) is 5.95. The molecule has 0 bridgehead atoms. The fraction of sp³-hybridized carbons (Fsp3) is 0.211. The second kappa shape index (κ2) is 7.98. The summed E-state index contributed by atoms with van der Waals surface area (Å²) in [6, 6.07) is 13.4. The SMILES string of the molecule is Cc1cccc(-c2nsc(SCC(=O)Nc3ccc4c(c3)OCCO4)n2)c1. The van der Waals surface area contributed by atoms with Crippen molar-refractivity contribution in [2.75, 3.05) is 24.3 Å². The number of hydrogen-bond acceptors (Lipinski definition) is 7. The number of aryl methyl sites for hydroxylation is 1. The quantitative estimate of drug-likeness (QED) is 0.654. The van der Waals surface area contributed by atoms with Crippen LogP contribution >= 0.6 is 23.3 Å². The number of thioether (sulfide) groups is 1. The molecule has 8 heteroatoms. The zero-order valence-electron chi connectivity index (χ0n) is 14.6. The van der Waals surface area contributed by atoms with Crippen molar-refractivity contribution < 1.29 is 14.3 Å². The van der Waals surface area contributed by atoms with Crippen LogP contribution < -0.4 is 14.8 Å². The first-order valence-electron chi connectivity index (χ1n) is 8.40. The Bertz CT molecular complexity index is 974. The number of hydrogen-bond donors (Lipinski definition) is 1. The van der Waals surface area contributed by atoms with E-state index >= 15 is 0 Å². The highest BCUT2D eigenvalue weighted by atomic mass is 32.2. The van der Waals surface area contributed by atoms with E-state index in [0.29, 0.717) is 36.2 Å². The van der Waals surface area contributed by atoms with E-state index in [-0.39, 0.29) is 11.7 Å². The molecule has 27 heavy (non-hydrogen) atoms. The van der Waals surface area contributed by atoms with Crippen LogP contribution in [-0.2, 0) is 4.79 Å². The number of fused-ring (bicyclic) bond motifs is 1. The minimum Gasteiger partial charge on any atom is -0.486 e. The van der Waals surface area contributed by atoms with Crippen molar-refractivity contribution >= 4 is 34.9 Å². The van der Waals surface area contributed by atoms with Crippen LogP contribution in [0.15, 0.2) is 46.8 Å². The first-order chi connectivity index (χ1) is 13.2. The summed E-state index contributed by atoms with van der Waals surface area (Å²) >= 11 is 2.68. The molecule has 0 spiro atoms. The Balaban J connectivity index is 1.34. The number of amides is 1. The summed E-state index contributed by atoms with van der Waals surface area (Å²) in [5.41, 5.74) is 2.83. The van der Waals surface area contributed by atoms with Crippen LogP contribution in [0.1, 0.15) is 5.56 Å². The number of carbonyl (C=O) groups is 1. The number of aromatic nitrogens is 2. The van der Waals surface area contributed by atoms with Crippen LogP contribution in [0, 0.1) is 6.92 Å². The molecule has 6 nitrogen and oxygen atoms in total. The average Bonchev–Trinajstić information content (AvgIpc) is 3.15. The highest BCUT2D eigenvalue weighted by Crippen LogP contribution is 2.32. The van der Waals surface area contributed by atoms with Gasteiger partial charge in [0.1, 0.15) is 13.2 Å². The Morgan fingerprint density at radius 2 is 2.04 bits per heavy atom. The van der Waals surface area contributed by atoms with E-state index in [0.717, 1.165) is 15.5 Å². The van der Waals surface area contributed by atoms with Gasteiger partial charge < -0.3 is 14.8 Å². The topological polar surface area (TPSA) is 73.3 Å². The van der Waals surface area contributed by atoms with Gasteiger partial charge in [-0.05, 0) is 36.7 Å². The van der Waals surface area contributed by atoms with Crippen LogP contribution in [0.2, 0.25) is 0 Å². The molecule has 1 amide bonds. The minimum absolute atomic E-state index is 0.107. The molecular weight excluding hydrogens is 382 g/mol. The number of carbonyl (C=O) groups excluding carboxylic acids is 1. The molecule has 0 aliphatic carbocycles. The van der Waals surface area contributed by atoms with Crippen molar-refractivity contribution in [2.24, 2.45) is 0 Å². The van der Waals surface area contributed by atoms with Gasteiger partial charge in [-0.15, -0.1) is 0 Å². The highest BCUT2D eigenvalue weighted by molar-refractivity contribution is 8.01. The maximum atomic E-state index is 12.2. The van der Waals surface area contributed by atoms with Gasteiger partial charge in [-0.25, -0.2) is 4.98 Å². The van der Waals surface area contributed by atoms with E-state index in [9.17, 15) is 4.79 Å². The lowest BCUT2D eigenvalue weighted by atomic mass is 10.1. The second-order valence-corrected chi connectivity index (χ2v) is 7.92. The maximum absolute atomic E-state index is 12.2. The van der Waals surface area contributed by atoms with Crippen LogP contribution in [-0.4, -0.2) is 34.2 Å². The molecule has 0 saturated carbocycles. The molecule has 138 valence electrons. The van der Waals surface area contributed by atoms with Crippen molar-refractivity contribution in [3.8, 4) is 22.9 Å². The summed E-state index contributed by atoms with van der Waals surface area (Å²) in [6.07, 6.45) is 0. The molecule has 1 N–H and O–H groups in total. The van der Waals surface area contributed by atoms with Gasteiger partial charge in [-0.3, -0.25) is 4.79 Å². The predicted octanol–water partition coefficient (Wildman–Crippen LogP) is 4.02. The van der Waals surface area contributed by atoms with Crippen molar-refractivity contribution in [1.29, 1.82) is 0 Å². The maximum Gasteiger partial charge on any atom is 0.234 e. The van der Waals surface area contributed by atoms with E-state index in [2.05, 4.69) is 14.7 Å². The van der Waals surface area contributed by atoms with E-state index in [1.807, 2.05) is 31.2 Å². The normalized spacial score (nSPS) is 12.6. The molecule has 4 rings (SSSR count). The highest BCUT2D eigenvalue weighted by Gasteiger charge is 2.14. The number of nitrogens with one attached hydrogen (secondary N) is 1. The van der Waals surface area contributed by atoms with E-state index in [1.54, 1.807) is 18.2 Å². The van der Waals surface area contributed by atoms with Crippen LogP contribution in [0.5, 0.6) is 11.5 Å². The number of rotatable bonds is 5. The third-order valence-corrected chi connectivity index (χ3v) is 5.67. The molecule has 1 aliphatic rings. The van der Waals surface area contributed by atoms with Gasteiger partial charge >= 0.3 is 0 Å². The van der Waals surface area contributed by atoms with Crippen LogP contribution in [0.4, 0.5) is 5.69 Å². The van der Waals surface area contributed by atoms with Gasteiger partial charge in [0.25, 0.3) is 0 Å². The zero-order chi connectivity index (χ0) is 18.6. The standard InChI is InChI=1S/C19H17N3O3S2/c1-12-3-2-4-13(9-12)18-21-19(27-22-18)26-11-17(23)20-14-5-6-15-16(10-14)25-8-7-24-15/h2-6,9-10H,7-8,11H2,1H3,(H,20,23). The summed E-state index contributed by atoms with van der Waals surface area (Å²) in [4.78, 5) is 16.7. The molecule has 3 aromatic rings. The molecule has 0 fully saturated rings. The molecule has 2 aromatic carbocycles. The van der Waals surface area contributed by atoms with E-state index < -0.39 is 0 Å². The largest absolute Gasteiger partial charge is 0.486 e. The lowest BCUT2D eigenvalue weighted by Gasteiger charge is -2.18. The van der Waals surface area contributed by atoms with Crippen molar-refractivity contribution in [3.05, 3.63) is 48.0 Å². The van der Waals surface area contributed by atoms with Crippen molar-refractivity contribution in [3.63, 3.8) is 0 Å². The summed E-state index contributed by atoms with van der Waals surface area (Å²) in [5.74, 6) is 2.20. The molecule has 0 saturated heterocycles. The van der Waals surface area contributed by atoms with Gasteiger partial charge in [0.2, 0.25) is 5.91 Å². The fourth-order valence-electron chi connectivity index (χ4n) is 2.62. The Labute approximate surface area is 165 Å². The van der Waals surface area contributed by atoms with Gasteiger partial charge in [0.05, 0.1) is 5.75 Å². The summed E-state index contributed by atoms with van der Waals surface area (Å²) in [6.45, 7) is 3.09. The van der Waals surface area contributed by atoms with Crippen LogP contribution in [0.25, 0.3) is 11.4 Å². The van der Waals surface area contributed by atoms with E-state index in [1.165, 1.54) is 23.3 Å². The summed E-state index contributed by atoms with van der Waals surface area (Å²) < 4.78 is 16.2. The molecule has 0 atom stereocenters. The molecule has 2 heterocycles. The smallest absolute Gasteiger partial charge is 0.234 e. The Kier molecular flexibility index (Phi) is 5.26. The van der Waals surface area contributed by atoms with Gasteiger partial charge in [0, 0.05) is 17.3 Å².